The molecular formula is C13H25NO3. The molecule has 1 aliphatic rings. The van der Waals surface area contributed by atoms with Crippen molar-refractivity contribution in [3.8, 4) is 0 Å². The predicted octanol–water partition coefficient (Wildman–Crippen LogP) is 1.99. The van der Waals surface area contributed by atoms with Crippen molar-refractivity contribution in [1.29, 1.82) is 0 Å². The highest BCUT2D eigenvalue weighted by molar-refractivity contribution is 5.75. The van der Waals surface area contributed by atoms with Crippen LogP contribution < -0.4 is 0 Å². The maximum Gasteiger partial charge on any atom is 0.310 e. The molecule has 0 heterocycles. The molecule has 1 N–H and O–H groups in total. The SMILES string of the molecule is COCCCN(C)CC1(C(=O)O)CCCCC1. The van der Waals surface area contributed by atoms with Crippen LogP contribution in [0.4, 0.5) is 0 Å². The highest BCUT2D eigenvalue weighted by Gasteiger charge is 2.40. The zero-order chi connectivity index (χ0) is 12.7. The Morgan fingerprint density at radius 2 is 2.00 bits per heavy atom. The van der Waals surface area contributed by atoms with E-state index in [0.29, 0.717) is 6.54 Å². The highest BCUT2D eigenvalue weighted by Crippen LogP contribution is 2.37. The number of nitrogens with zero attached hydrogens (tertiary/aromatic N) is 1. The largest absolute Gasteiger partial charge is 0.481 e. The number of rotatable bonds is 7. The van der Waals surface area contributed by atoms with Crippen LogP contribution in [0.1, 0.15) is 38.5 Å². The van der Waals surface area contributed by atoms with Crippen molar-refractivity contribution in [2.45, 2.75) is 38.5 Å². The maximum absolute atomic E-state index is 11.5. The minimum atomic E-state index is -0.615. The lowest BCUT2D eigenvalue weighted by Gasteiger charge is -2.36. The fraction of sp³-hybridized carbons (Fsp3) is 0.923. The van der Waals surface area contributed by atoms with Crippen LogP contribution in [0, 0.1) is 5.41 Å². The summed E-state index contributed by atoms with van der Waals surface area (Å²) in [7, 11) is 3.70. The molecule has 0 aromatic rings. The van der Waals surface area contributed by atoms with Gasteiger partial charge >= 0.3 is 5.97 Å². The molecule has 0 unspecified atom stereocenters. The van der Waals surface area contributed by atoms with Crippen LogP contribution in [0.2, 0.25) is 0 Å². The Kier molecular flexibility index (Phi) is 5.92. The summed E-state index contributed by atoms with van der Waals surface area (Å²) in [5, 5.41) is 9.46. The van der Waals surface area contributed by atoms with E-state index in [1.807, 2.05) is 7.05 Å². The summed E-state index contributed by atoms with van der Waals surface area (Å²) in [6.45, 7) is 2.32. The molecule has 0 radical (unpaired) electrons. The van der Waals surface area contributed by atoms with E-state index in [1.165, 1.54) is 6.42 Å². The van der Waals surface area contributed by atoms with Gasteiger partial charge in [0, 0.05) is 26.8 Å². The average Bonchev–Trinajstić information content (AvgIpc) is 2.30. The Balaban J connectivity index is 2.45. The first-order chi connectivity index (χ1) is 8.10. The standard InChI is InChI=1S/C13H25NO3/c1-14(9-6-10-17-2)11-13(12(15)16)7-4-3-5-8-13/h3-11H2,1-2H3,(H,15,16). The van der Waals surface area contributed by atoms with Crippen LogP contribution in [-0.4, -0.2) is 49.8 Å². The third kappa shape index (κ3) is 4.28. The van der Waals surface area contributed by atoms with E-state index in [2.05, 4.69) is 4.90 Å². The summed E-state index contributed by atoms with van der Waals surface area (Å²) in [6, 6.07) is 0. The van der Waals surface area contributed by atoms with Gasteiger partial charge in [-0.1, -0.05) is 19.3 Å². The number of aliphatic carboxylic acids is 1. The summed E-state index contributed by atoms with van der Waals surface area (Å²) in [5.41, 5.74) is -0.500. The number of ether oxygens (including phenoxy) is 1. The zero-order valence-electron chi connectivity index (χ0n) is 11.1. The lowest BCUT2D eigenvalue weighted by molar-refractivity contribution is -0.152. The third-order valence-corrected chi connectivity index (χ3v) is 3.73. The van der Waals surface area contributed by atoms with Gasteiger partial charge in [0.1, 0.15) is 0 Å². The molecule has 0 saturated heterocycles. The Hall–Kier alpha value is -0.610. The first-order valence-electron chi connectivity index (χ1n) is 6.51. The second-order valence-electron chi connectivity index (χ2n) is 5.23. The lowest BCUT2D eigenvalue weighted by atomic mass is 9.73. The van der Waals surface area contributed by atoms with Gasteiger partial charge in [-0.25, -0.2) is 0 Å². The zero-order valence-corrected chi connectivity index (χ0v) is 11.1. The van der Waals surface area contributed by atoms with Crippen LogP contribution in [-0.2, 0) is 9.53 Å². The first kappa shape index (κ1) is 14.5. The quantitative estimate of drug-likeness (QED) is 0.695. The van der Waals surface area contributed by atoms with Crippen molar-refractivity contribution < 1.29 is 14.6 Å². The van der Waals surface area contributed by atoms with E-state index in [4.69, 9.17) is 4.74 Å². The number of carboxylic acid groups (broad SMARTS) is 1. The summed E-state index contributed by atoms with van der Waals surface area (Å²) in [6.07, 6.45) is 5.91. The molecule has 0 bridgehead atoms. The van der Waals surface area contributed by atoms with Crippen LogP contribution in [0.3, 0.4) is 0 Å². The van der Waals surface area contributed by atoms with E-state index < -0.39 is 11.4 Å². The maximum atomic E-state index is 11.5. The smallest absolute Gasteiger partial charge is 0.310 e. The van der Waals surface area contributed by atoms with E-state index in [-0.39, 0.29) is 0 Å². The minimum absolute atomic E-state index is 0.500. The van der Waals surface area contributed by atoms with Gasteiger partial charge in [0.25, 0.3) is 0 Å². The van der Waals surface area contributed by atoms with Gasteiger partial charge in [-0.2, -0.15) is 0 Å². The van der Waals surface area contributed by atoms with Crippen LogP contribution >= 0.6 is 0 Å². The number of methoxy groups -OCH3 is 1. The Bertz CT molecular complexity index is 237. The van der Waals surface area contributed by atoms with Crippen molar-refractivity contribution in [1.82, 2.24) is 4.90 Å². The van der Waals surface area contributed by atoms with Gasteiger partial charge < -0.3 is 14.7 Å². The normalized spacial score (nSPS) is 19.5. The molecule has 0 aliphatic heterocycles. The van der Waals surface area contributed by atoms with Crippen molar-refractivity contribution >= 4 is 5.97 Å². The molecule has 4 heteroatoms. The average molecular weight is 243 g/mol. The number of carboxylic acids is 1. The van der Waals surface area contributed by atoms with Crippen molar-refractivity contribution in [2.24, 2.45) is 5.41 Å². The van der Waals surface area contributed by atoms with E-state index in [0.717, 1.165) is 45.3 Å². The van der Waals surface area contributed by atoms with Crippen LogP contribution in [0.15, 0.2) is 0 Å². The summed E-state index contributed by atoms with van der Waals surface area (Å²) < 4.78 is 5.01. The highest BCUT2D eigenvalue weighted by atomic mass is 16.5. The van der Waals surface area contributed by atoms with Gasteiger partial charge in [0.15, 0.2) is 0 Å². The molecule has 0 aromatic heterocycles. The van der Waals surface area contributed by atoms with Crippen LogP contribution in [0.5, 0.6) is 0 Å². The molecule has 0 spiro atoms. The number of hydrogen-bond donors (Lipinski definition) is 1. The molecular weight excluding hydrogens is 218 g/mol. The minimum Gasteiger partial charge on any atom is -0.481 e. The second kappa shape index (κ2) is 6.97. The molecule has 17 heavy (non-hydrogen) atoms. The molecule has 0 atom stereocenters. The van der Waals surface area contributed by atoms with Crippen molar-refractivity contribution in [3.63, 3.8) is 0 Å². The van der Waals surface area contributed by atoms with Gasteiger partial charge in [0.05, 0.1) is 5.41 Å². The lowest BCUT2D eigenvalue weighted by Crippen LogP contribution is -2.43. The van der Waals surface area contributed by atoms with Gasteiger partial charge in [-0.05, 0) is 26.3 Å². The molecule has 0 aromatic carbocycles. The Morgan fingerprint density at radius 3 is 2.53 bits per heavy atom. The van der Waals surface area contributed by atoms with Gasteiger partial charge in [-0.15, -0.1) is 0 Å². The van der Waals surface area contributed by atoms with Gasteiger partial charge in [0.2, 0.25) is 0 Å². The second-order valence-corrected chi connectivity index (χ2v) is 5.23. The molecule has 4 nitrogen and oxygen atoms in total. The predicted molar refractivity (Wildman–Crippen MR) is 67.1 cm³/mol. The fourth-order valence-electron chi connectivity index (χ4n) is 2.74. The summed E-state index contributed by atoms with van der Waals surface area (Å²) in [5.74, 6) is -0.615. The molecule has 1 saturated carbocycles. The van der Waals surface area contributed by atoms with Gasteiger partial charge in [-0.3, -0.25) is 4.79 Å². The first-order valence-corrected chi connectivity index (χ1v) is 6.51. The molecule has 1 fully saturated rings. The van der Waals surface area contributed by atoms with Crippen molar-refractivity contribution in [2.75, 3.05) is 33.9 Å². The Labute approximate surface area is 104 Å². The van der Waals surface area contributed by atoms with E-state index in [9.17, 15) is 9.90 Å². The van der Waals surface area contributed by atoms with Crippen molar-refractivity contribution in [3.05, 3.63) is 0 Å². The summed E-state index contributed by atoms with van der Waals surface area (Å²) >= 11 is 0. The molecule has 1 aliphatic carbocycles. The topological polar surface area (TPSA) is 49.8 Å². The molecule has 1 rings (SSSR count). The number of carbonyl (C=O) groups is 1. The van der Waals surface area contributed by atoms with E-state index >= 15 is 0 Å². The molecule has 0 amide bonds. The third-order valence-electron chi connectivity index (χ3n) is 3.73. The fourth-order valence-corrected chi connectivity index (χ4v) is 2.74. The summed E-state index contributed by atoms with van der Waals surface area (Å²) in [4.78, 5) is 13.6. The van der Waals surface area contributed by atoms with E-state index in [1.54, 1.807) is 7.11 Å². The van der Waals surface area contributed by atoms with Crippen LogP contribution in [0.25, 0.3) is 0 Å². The monoisotopic (exact) mass is 243 g/mol. The molecule has 100 valence electrons. The number of hydrogen-bond acceptors (Lipinski definition) is 3. The Morgan fingerprint density at radius 1 is 1.35 bits per heavy atom.